The monoisotopic (exact) mass is 290 g/mol. The zero-order valence-electron chi connectivity index (χ0n) is 12.1. The predicted octanol–water partition coefficient (Wildman–Crippen LogP) is 2.23. The van der Waals surface area contributed by atoms with Gasteiger partial charge in [0.25, 0.3) is 0 Å². The summed E-state index contributed by atoms with van der Waals surface area (Å²) in [5.41, 5.74) is 2.48. The molecule has 1 aromatic carbocycles. The summed E-state index contributed by atoms with van der Waals surface area (Å²) in [6.07, 6.45) is 1.02. The van der Waals surface area contributed by atoms with Crippen molar-refractivity contribution in [2.45, 2.75) is 37.6 Å². The quantitative estimate of drug-likeness (QED) is 0.861. The highest BCUT2D eigenvalue weighted by Crippen LogP contribution is 2.29. The Bertz CT molecular complexity index is 505. The molecule has 0 spiro atoms. The van der Waals surface area contributed by atoms with Crippen molar-refractivity contribution in [2.24, 2.45) is 0 Å². The molecule has 0 radical (unpaired) electrons. The molecule has 1 fully saturated rings. The van der Waals surface area contributed by atoms with E-state index in [1.165, 1.54) is 11.1 Å². The third-order valence-corrected chi connectivity index (χ3v) is 5.86. The lowest BCUT2D eigenvalue weighted by molar-refractivity contribution is -0.135. The molecule has 2 aliphatic rings. The molecule has 2 aliphatic heterocycles. The van der Waals surface area contributed by atoms with Crippen LogP contribution in [-0.2, 0) is 11.2 Å². The number of hydrogen-bond donors (Lipinski definition) is 1. The number of thioether (sulfide) groups is 1. The molecule has 0 saturated carbocycles. The van der Waals surface area contributed by atoms with E-state index in [2.05, 4.69) is 42.3 Å². The largest absolute Gasteiger partial charge is 0.336 e. The van der Waals surface area contributed by atoms with Gasteiger partial charge in [0.1, 0.15) is 6.04 Å². The number of amides is 1. The molecule has 2 heterocycles. The van der Waals surface area contributed by atoms with Crippen LogP contribution in [0.3, 0.4) is 0 Å². The van der Waals surface area contributed by atoms with Crippen LogP contribution in [0.1, 0.15) is 31.0 Å². The van der Waals surface area contributed by atoms with E-state index >= 15 is 0 Å². The molecule has 1 aromatic rings. The van der Waals surface area contributed by atoms with E-state index in [-0.39, 0.29) is 11.9 Å². The van der Waals surface area contributed by atoms with Gasteiger partial charge in [-0.2, -0.15) is 11.8 Å². The summed E-state index contributed by atoms with van der Waals surface area (Å²) >= 11 is 1.97. The third kappa shape index (κ3) is 2.47. The Morgan fingerprint density at radius 3 is 3.00 bits per heavy atom. The third-order valence-electron chi connectivity index (χ3n) is 4.52. The van der Waals surface area contributed by atoms with Gasteiger partial charge < -0.3 is 10.2 Å². The van der Waals surface area contributed by atoms with Crippen LogP contribution in [0.15, 0.2) is 24.3 Å². The molecule has 4 heteroatoms. The fraction of sp³-hybridized carbons (Fsp3) is 0.562. The minimum atomic E-state index is -0.155. The maximum Gasteiger partial charge on any atom is 0.244 e. The normalized spacial score (nSPS) is 29.9. The molecule has 108 valence electrons. The summed E-state index contributed by atoms with van der Waals surface area (Å²) < 4.78 is 0. The summed E-state index contributed by atoms with van der Waals surface area (Å²) in [5.74, 6) is 1.29. The first-order valence-electron chi connectivity index (χ1n) is 7.42. The second-order valence-electron chi connectivity index (χ2n) is 5.68. The number of nitrogens with zero attached hydrogens (tertiary/aromatic N) is 1. The van der Waals surface area contributed by atoms with Crippen LogP contribution >= 0.6 is 11.8 Å². The lowest BCUT2D eigenvalue weighted by Gasteiger charge is -2.40. The highest BCUT2D eigenvalue weighted by Gasteiger charge is 2.35. The van der Waals surface area contributed by atoms with Gasteiger partial charge in [-0.15, -0.1) is 0 Å². The smallest absolute Gasteiger partial charge is 0.244 e. The SMILES string of the molecule is CC1SCCN(C(=O)C2NCCc3ccccc32)C1C. The molecule has 0 aromatic heterocycles. The molecule has 1 saturated heterocycles. The first kappa shape index (κ1) is 14.0. The number of carbonyl (C=O) groups is 1. The summed E-state index contributed by atoms with van der Waals surface area (Å²) in [6.45, 7) is 6.15. The molecule has 1 amide bonds. The van der Waals surface area contributed by atoms with Crippen molar-refractivity contribution in [2.75, 3.05) is 18.8 Å². The number of benzene rings is 1. The number of nitrogens with one attached hydrogen (secondary N) is 1. The molecule has 20 heavy (non-hydrogen) atoms. The van der Waals surface area contributed by atoms with Gasteiger partial charge in [0.05, 0.1) is 0 Å². The van der Waals surface area contributed by atoms with Gasteiger partial charge in [0, 0.05) is 30.1 Å². The van der Waals surface area contributed by atoms with E-state index in [0.717, 1.165) is 25.3 Å². The average molecular weight is 290 g/mol. The first-order chi connectivity index (χ1) is 9.68. The zero-order chi connectivity index (χ0) is 14.1. The maximum atomic E-state index is 12.9. The van der Waals surface area contributed by atoms with Gasteiger partial charge in [0.2, 0.25) is 5.91 Å². The fourth-order valence-corrected chi connectivity index (χ4v) is 4.23. The van der Waals surface area contributed by atoms with E-state index in [1.807, 2.05) is 17.8 Å². The van der Waals surface area contributed by atoms with Crippen LogP contribution in [0.2, 0.25) is 0 Å². The van der Waals surface area contributed by atoms with Gasteiger partial charge in [-0.3, -0.25) is 4.79 Å². The minimum absolute atomic E-state index is 0.155. The van der Waals surface area contributed by atoms with Gasteiger partial charge in [0.15, 0.2) is 0 Å². The molecule has 3 atom stereocenters. The van der Waals surface area contributed by atoms with Crippen LogP contribution < -0.4 is 5.32 Å². The minimum Gasteiger partial charge on any atom is -0.336 e. The molecule has 1 N–H and O–H groups in total. The van der Waals surface area contributed by atoms with Crippen LogP contribution in [0.5, 0.6) is 0 Å². The average Bonchev–Trinajstić information content (AvgIpc) is 2.49. The van der Waals surface area contributed by atoms with E-state index in [4.69, 9.17) is 0 Å². The number of hydrogen-bond acceptors (Lipinski definition) is 3. The van der Waals surface area contributed by atoms with Crippen molar-refractivity contribution in [1.29, 1.82) is 0 Å². The van der Waals surface area contributed by atoms with Gasteiger partial charge in [-0.25, -0.2) is 0 Å². The molecular weight excluding hydrogens is 268 g/mol. The van der Waals surface area contributed by atoms with E-state index in [1.54, 1.807) is 0 Å². The lowest BCUT2D eigenvalue weighted by atomic mass is 9.93. The Labute approximate surface area is 125 Å². The molecule has 0 bridgehead atoms. The summed E-state index contributed by atoms with van der Waals surface area (Å²) in [5, 5.41) is 3.93. The van der Waals surface area contributed by atoms with Gasteiger partial charge in [-0.1, -0.05) is 31.2 Å². The van der Waals surface area contributed by atoms with Crippen molar-refractivity contribution in [3.05, 3.63) is 35.4 Å². The Morgan fingerprint density at radius 2 is 2.15 bits per heavy atom. The molecule has 0 aliphatic carbocycles. The first-order valence-corrected chi connectivity index (χ1v) is 8.46. The maximum absolute atomic E-state index is 12.9. The van der Waals surface area contributed by atoms with Crippen molar-refractivity contribution in [1.82, 2.24) is 10.2 Å². The van der Waals surface area contributed by atoms with Crippen molar-refractivity contribution < 1.29 is 4.79 Å². The second kappa shape index (κ2) is 5.78. The number of carbonyl (C=O) groups excluding carboxylic acids is 1. The van der Waals surface area contributed by atoms with Crippen molar-refractivity contribution >= 4 is 17.7 Å². The molecule has 3 rings (SSSR count). The molecule has 3 unspecified atom stereocenters. The van der Waals surface area contributed by atoms with E-state index in [9.17, 15) is 4.79 Å². The highest BCUT2D eigenvalue weighted by molar-refractivity contribution is 8.00. The molecule has 3 nitrogen and oxygen atoms in total. The summed E-state index contributed by atoms with van der Waals surface area (Å²) in [4.78, 5) is 15.0. The number of rotatable bonds is 1. The van der Waals surface area contributed by atoms with Crippen LogP contribution in [0.25, 0.3) is 0 Å². The topological polar surface area (TPSA) is 32.3 Å². The van der Waals surface area contributed by atoms with E-state index < -0.39 is 0 Å². The Hall–Kier alpha value is -1.00. The summed E-state index contributed by atoms with van der Waals surface area (Å²) in [7, 11) is 0. The van der Waals surface area contributed by atoms with Gasteiger partial charge in [-0.05, 0) is 24.5 Å². The Kier molecular flexibility index (Phi) is 4.03. The predicted molar refractivity (Wildman–Crippen MR) is 84.0 cm³/mol. The standard InChI is InChI=1S/C16H22N2OS/c1-11-12(2)20-10-9-18(11)16(19)15-14-6-4-3-5-13(14)7-8-17-15/h3-6,11-12,15,17H,7-10H2,1-2H3. The highest BCUT2D eigenvalue weighted by atomic mass is 32.2. The van der Waals surface area contributed by atoms with Crippen LogP contribution in [0, 0.1) is 0 Å². The number of fused-ring (bicyclic) bond motifs is 1. The Morgan fingerprint density at radius 1 is 1.35 bits per heavy atom. The van der Waals surface area contributed by atoms with Crippen LogP contribution in [0.4, 0.5) is 0 Å². The molecular formula is C16H22N2OS. The fourth-order valence-electron chi connectivity index (χ4n) is 3.13. The van der Waals surface area contributed by atoms with Crippen molar-refractivity contribution in [3.63, 3.8) is 0 Å². The van der Waals surface area contributed by atoms with Crippen LogP contribution in [-0.4, -0.2) is 40.9 Å². The zero-order valence-corrected chi connectivity index (χ0v) is 13.0. The Balaban J connectivity index is 1.84. The lowest BCUT2D eigenvalue weighted by Crippen LogP contribution is -2.52. The van der Waals surface area contributed by atoms with Crippen molar-refractivity contribution in [3.8, 4) is 0 Å². The van der Waals surface area contributed by atoms with E-state index in [0.29, 0.717) is 11.3 Å². The summed E-state index contributed by atoms with van der Waals surface area (Å²) in [6, 6.07) is 8.50. The second-order valence-corrected chi connectivity index (χ2v) is 7.17. The van der Waals surface area contributed by atoms with Gasteiger partial charge >= 0.3 is 0 Å².